The fourth-order valence-electron chi connectivity index (χ4n) is 3.51. The van der Waals surface area contributed by atoms with Gasteiger partial charge in [-0.05, 0) is 38.3 Å². The minimum atomic E-state index is -3.86. The van der Waals surface area contributed by atoms with E-state index in [1.54, 1.807) is 20.8 Å². The smallest absolute Gasteiger partial charge is 0.256 e. The lowest BCUT2D eigenvalue weighted by Crippen LogP contribution is -2.30. The molecule has 0 aliphatic heterocycles. The fraction of sp³-hybridized carbons (Fsp3) is 0.524. The van der Waals surface area contributed by atoms with Gasteiger partial charge >= 0.3 is 0 Å². The minimum Gasteiger partial charge on any atom is -0.548 e. The van der Waals surface area contributed by atoms with E-state index in [1.165, 1.54) is 4.31 Å². The first kappa shape index (κ1) is 26.4. The minimum absolute atomic E-state index is 0.0663. The van der Waals surface area contributed by atoms with Gasteiger partial charge in [0.05, 0.1) is 5.69 Å². The summed E-state index contributed by atoms with van der Waals surface area (Å²) in [6.45, 7) is 13.6. The summed E-state index contributed by atoms with van der Waals surface area (Å²) in [5, 5.41) is 13.8. The number of aromatic hydroxyl groups is 1. The second kappa shape index (κ2) is 10.2. The average molecular weight is 530 g/mol. The third-order valence-corrected chi connectivity index (χ3v) is 9.86. The van der Waals surface area contributed by atoms with Gasteiger partial charge in [-0.25, -0.2) is 13.4 Å². The number of hydrogen-bond acceptors (Lipinski definition) is 9. The SMILES string of the molecule is CCN(CC)S(=O)(=O)c1sc(C)c(Nc2n[s+]([O-])[nH]c2=N[C@@H](c2cc(C)c(C)o2)C(C)C)c1O. The molecule has 2 atom stereocenters. The number of nitrogens with zero attached hydrogens (tertiary/aromatic N) is 3. The Labute approximate surface area is 206 Å². The van der Waals surface area contributed by atoms with Crippen LogP contribution in [0, 0.1) is 26.7 Å². The van der Waals surface area contributed by atoms with Crippen molar-refractivity contribution in [2.75, 3.05) is 18.4 Å². The van der Waals surface area contributed by atoms with Crippen LogP contribution in [0.4, 0.5) is 11.5 Å². The van der Waals surface area contributed by atoms with Crippen LogP contribution in [-0.4, -0.2) is 44.2 Å². The predicted molar refractivity (Wildman–Crippen MR) is 133 cm³/mol. The highest BCUT2D eigenvalue weighted by molar-refractivity contribution is 7.91. The van der Waals surface area contributed by atoms with E-state index in [0.717, 1.165) is 22.7 Å². The molecule has 0 amide bonds. The van der Waals surface area contributed by atoms with E-state index in [0.29, 0.717) is 10.6 Å². The first-order chi connectivity index (χ1) is 15.9. The molecule has 0 saturated carbocycles. The normalized spacial score (nSPS) is 14.4. The molecular formula is C21H31N5O5S3. The summed E-state index contributed by atoms with van der Waals surface area (Å²) in [5.74, 6) is 1.30. The van der Waals surface area contributed by atoms with Crippen molar-refractivity contribution in [3.63, 3.8) is 0 Å². The topological polar surface area (TPSA) is 147 Å². The molecule has 34 heavy (non-hydrogen) atoms. The van der Waals surface area contributed by atoms with E-state index < -0.39 is 26.9 Å². The molecule has 3 aromatic heterocycles. The molecule has 1 unspecified atom stereocenters. The first-order valence-electron chi connectivity index (χ1n) is 10.9. The van der Waals surface area contributed by atoms with Crippen LogP contribution in [-0.2, 0) is 10.0 Å². The van der Waals surface area contributed by atoms with Crippen molar-refractivity contribution >= 4 is 44.0 Å². The number of nitrogens with one attached hydrogen (secondary N) is 2. The quantitative estimate of drug-likeness (QED) is 0.346. The number of aromatic nitrogens is 2. The highest BCUT2D eigenvalue weighted by Gasteiger charge is 2.31. The summed E-state index contributed by atoms with van der Waals surface area (Å²) in [7, 11) is -3.86. The van der Waals surface area contributed by atoms with Crippen LogP contribution in [0.5, 0.6) is 5.75 Å². The van der Waals surface area contributed by atoms with E-state index in [1.807, 2.05) is 33.8 Å². The zero-order valence-corrected chi connectivity index (χ0v) is 22.7. The molecular weight excluding hydrogens is 498 g/mol. The molecule has 0 saturated heterocycles. The van der Waals surface area contributed by atoms with Gasteiger partial charge in [0.2, 0.25) is 11.3 Å². The molecule has 3 aromatic rings. The van der Waals surface area contributed by atoms with Crippen molar-refractivity contribution in [3.05, 3.63) is 33.5 Å². The standard InChI is InChI=1S/C21H31N5O5S3/c1-8-26(9-2)34(29,30)21-18(27)17(14(7)32-21)23-20-19(24-33(28)25-20)22-16(11(3)4)15-10-12(5)13(6)31-15/h10-11,16,27H,8-9H2,1-7H3,(H,22,24)(H,23,25)/t16-,33?/m1/s1. The second-order valence-corrected chi connectivity index (χ2v) is 12.5. The number of anilines is 2. The third-order valence-electron chi connectivity index (χ3n) is 5.51. The van der Waals surface area contributed by atoms with E-state index >= 15 is 0 Å². The van der Waals surface area contributed by atoms with Crippen molar-refractivity contribution < 1.29 is 22.5 Å². The molecule has 0 bridgehead atoms. The number of hydrogen-bond donors (Lipinski definition) is 3. The summed E-state index contributed by atoms with van der Waals surface area (Å²) in [5.41, 5.74) is 1.44. The Morgan fingerprint density at radius 3 is 2.50 bits per heavy atom. The number of aryl methyl sites for hydroxylation is 3. The molecule has 0 fully saturated rings. The maximum atomic E-state index is 13.0. The summed E-state index contributed by atoms with van der Waals surface area (Å²) >= 11 is -0.802. The molecule has 10 nitrogen and oxygen atoms in total. The van der Waals surface area contributed by atoms with Crippen molar-refractivity contribution in [1.82, 2.24) is 13.1 Å². The van der Waals surface area contributed by atoms with E-state index in [-0.39, 0.29) is 46.3 Å². The molecule has 0 radical (unpaired) electrons. The number of rotatable bonds is 9. The summed E-state index contributed by atoms with van der Waals surface area (Å²) in [6, 6.07) is 1.56. The van der Waals surface area contributed by atoms with Crippen LogP contribution in [0.15, 0.2) is 19.7 Å². The van der Waals surface area contributed by atoms with Gasteiger partial charge in [-0.15, -0.1) is 15.7 Å². The number of thiophene rings is 1. The molecule has 3 heterocycles. The van der Waals surface area contributed by atoms with Gasteiger partial charge in [-0.3, -0.25) is 0 Å². The molecule has 0 aromatic carbocycles. The number of sulfonamides is 1. The first-order valence-corrected chi connectivity index (χ1v) is 14.3. The Morgan fingerprint density at radius 1 is 1.32 bits per heavy atom. The van der Waals surface area contributed by atoms with Crippen LogP contribution in [0.25, 0.3) is 0 Å². The van der Waals surface area contributed by atoms with Gasteiger partial charge in [0, 0.05) is 22.3 Å². The molecule has 3 N–H and O–H groups in total. The fourth-order valence-corrected chi connectivity index (χ4v) is 7.26. The highest BCUT2D eigenvalue weighted by atomic mass is 32.2. The summed E-state index contributed by atoms with van der Waals surface area (Å²) < 4.78 is 51.9. The Kier molecular flexibility index (Phi) is 7.92. The van der Waals surface area contributed by atoms with Gasteiger partial charge in [0.25, 0.3) is 10.0 Å². The lowest BCUT2D eigenvalue weighted by Gasteiger charge is -2.17. The lowest BCUT2D eigenvalue weighted by atomic mass is 10.0. The third kappa shape index (κ3) is 5.08. The van der Waals surface area contributed by atoms with Gasteiger partial charge in [-0.1, -0.05) is 27.7 Å². The molecule has 188 valence electrons. The van der Waals surface area contributed by atoms with Gasteiger partial charge in [0.1, 0.15) is 17.6 Å². The monoisotopic (exact) mass is 529 g/mol. The maximum absolute atomic E-state index is 13.0. The summed E-state index contributed by atoms with van der Waals surface area (Å²) in [6.07, 6.45) is 0. The number of H-pyrrole nitrogens is 1. The molecule has 3 rings (SSSR count). The summed E-state index contributed by atoms with van der Waals surface area (Å²) in [4.78, 5) is 5.26. The Hall–Kier alpha value is -2.19. The molecule has 0 aliphatic rings. The van der Waals surface area contributed by atoms with Gasteiger partial charge < -0.3 is 19.4 Å². The van der Waals surface area contributed by atoms with E-state index in [2.05, 4.69) is 14.1 Å². The zero-order valence-electron chi connectivity index (χ0n) is 20.3. The largest absolute Gasteiger partial charge is 0.548 e. The molecule has 13 heteroatoms. The van der Waals surface area contributed by atoms with Crippen LogP contribution < -0.4 is 10.8 Å². The van der Waals surface area contributed by atoms with Crippen LogP contribution >= 0.6 is 22.5 Å². The average Bonchev–Trinajstić information content (AvgIpc) is 3.37. The van der Waals surface area contributed by atoms with Gasteiger partial charge in [0.15, 0.2) is 21.1 Å². The number of aromatic amines is 1. The van der Waals surface area contributed by atoms with E-state index in [9.17, 15) is 18.1 Å². The molecule has 0 aliphatic carbocycles. The Morgan fingerprint density at radius 2 is 1.97 bits per heavy atom. The molecule has 0 spiro atoms. The maximum Gasteiger partial charge on any atom is 0.256 e. The Bertz CT molecular complexity index is 1310. The Balaban J connectivity index is 2.06. The highest BCUT2D eigenvalue weighted by Crippen LogP contribution is 2.43. The lowest BCUT2D eigenvalue weighted by molar-refractivity contribution is 0.387. The van der Waals surface area contributed by atoms with Gasteiger partial charge in [-0.2, -0.15) is 4.31 Å². The number of furan rings is 1. The van der Waals surface area contributed by atoms with E-state index in [4.69, 9.17) is 9.41 Å². The van der Waals surface area contributed by atoms with Crippen molar-refractivity contribution in [2.45, 2.75) is 58.7 Å². The van der Waals surface area contributed by atoms with Crippen molar-refractivity contribution in [2.24, 2.45) is 10.9 Å². The van der Waals surface area contributed by atoms with Crippen molar-refractivity contribution in [3.8, 4) is 5.75 Å². The van der Waals surface area contributed by atoms with Crippen LogP contribution in [0.1, 0.15) is 55.7 Å². The van der Waals surface area contributed by atoms with Crippen LogP contribution in [0.2, 0.25) is 0 Å². The van der Waals surface area contributed by atoms with Crippen molar-refractivity contribution in [1.29, 1.82) is 0 Å². The zero-order chi connectivity index (χ0) is 25.4. The van der Waals surface area contributed by atoms with Crippen LogP contribution in [0.3, 0.4) is 0 Å². The second-order valence-electron chi connectivity index (χ2n) is 8.23. The predicted octanol–water partition coefficient (Wildman–Crippen LogP) is 4.49.